The predicted octanol–water partition coefficient (Wildman–Crippen LogP) is 5.86. The zero-order valence-electron chi connectivity index (χ0n) is 22.5. The number of aryl methyl sites for hydroxylation is 1. The number of carbonyl (C=O) groups excluding carboxylic acids is 2. The van der Waals surface area contributed by atoms with Gasteiger partial charge in [-0.1, -0.05) is 38.1 Å². The monoisotopic (exact) mass is 520 g/mol. The van der Waals surface area contributed by atoms with Gasteiger partial charge in [-0.05, 0) is 53.8 Å². The molecule has 0 bridgehead atoms. The Labute approximate surface area is 228 Å². The second-order valence-electron chi connectivity index (χ2n) is 10.7. The molecule has 1 atom stereocenters. The summed E-state index contributed by atoms with van der Waals surface area (Å²) in [7, 11) is 0. The summed E-state index contributed by atoms with van der Waals surface area (Å²) in [6.45, 7) is 7.43. The van der Waals surface area contributed by atoms with Crippen LogP contribution in [0.3, 0.4) is 0 Å². The third-order valence-electron chi connectivity index (χ3n) is 7.58. The van der Waals surface area contributed by atoms with Gasteiger partial charge in [0.1, 0.15) is 12.4 Å². The van der Waals surface area contributed by atoms with Gasteiger partial charge in [0.05, 0.1) is 17.6 Å². The fourth-order valence-electron chi connectivity index (χ4n) is 5.64. The van der Waals surface area contributed by atoms with Crippen LogP contribution >= 0.6 is 0 Å². The molecule has 4 heterocycles. The Balaban J connectivity index is 1.48. The van der Waals surface area contributed by atoms with Crippen molar-refractivity contribution in [1.29, 1.82) is 0 Å². The van der Waals surface area contributed by atoms with E-state index in [1.165, 1.54) is 11.8 Å². The SMILES string of the molecule is CC(=O)N1CC2=C(C1=O)C(c1cccc(OCc3cccnc3)c1)c1cn(CCC(C)C)c3cccc(c13)N2. The summed E-state index contributed by atoms with van der Waals surface area (Å²) in [5.41, 5.74) is 6.49. The maximum absolute atomic E-state index is 13.8. The molecule has 0 radical (unpaired) electrons. The molecule has 1 N–H and O–H groups in total. The number of benzene rings is 2. The van der Waals surface area contributed by atoms with E-state index in [0.29, 0.717) is 23.8 Å². The molecule has 0 saturated carbocycles. The summed E-state index contributed by atoms with van der Waals surface area (Å²) >= 11 is 0. The maximum Gasteiger partial charge on any atom is 0.259 e. The molecule has 0 spiro atoms. The lowest BCUT2D eigenvalue weighted by Crippen LogP contribution is -2.33. The van der Waals surface area contributed by atoms with Crippen molar-refractivity contribution in [2.75, 3.05) is 11.9 Å². The van der Waals surface area contributed by atoms with Crippen LogP contribution in [0.5, 0.6) is 5.75 Å². The van der Waals surface area contributed by atoms with Crippen molar-refractivity contribution in [3.05, 3.63) is 101 Å². The van der Waals surface area contributed by atoms with Crippen LogP contribution in [0.1, 0.15) is 49.8 Å². The van der Waals surface area contributed by atoms with Gasteiger partial charge in [-0.15, -0.1) is 0 Å². The molecule has 2 amide bonds. The lowest BCUT2D eigenvalue weighted by molar-refractivity contribution is -0.139. The number of anilines is 1. The summed E-state index contributed by atoms with van der Waals surface area (Å²) < 4.78 is 8.44. The lowest BCUT2D eigenvalue weighted by Gasteiger charge is -2.20. The number of amides is 2. The minimum absolute atomic E-state index is 0.241. The molecule has 2 aliphatic rings. The molecular weight excluding hydrogens is 488 g/mol. The molecule has 39 heavy (non-hydrogen) atoms. The average Bonchev–Trinajstić information content (AvgIpc) is 3.41. The van der Waals surface area contributed by atoms with E-state index < -0.39 is 0 Å². The fraction of sp³-hybridized carbons (Fsp3) is 0.281. The highest BCUT2D eigenvalue weighted by Gasteiger charge is 2.41. The molecule has 7 heteroatoms. The molecule has 2 aromatic heterocycles. The Morgan fingerprint density at radius 1 is 1.15 bits per heavy atom. The largest absolute Gasteiger partial charge is 0.489 e. The molecule has 2 aliphatic heterocycles. The number of carbonyl (C=O) groups is 2. The zero-order chi connectivity index (χ0) is 27.1. The molecule has 4 aromatic rings. The molecule has 0 saturated heterocycles. The number of pyridine rings is 1. The van der Waals surface area contributed by atoms with E-state index in [-0.39, 0.29) is 24.3 Å². The minimum atomic E-state index is -0.349. The molecule has 7 nitrogen and oxygen atoms in total. The number of imide groups is 1. The van der Waals surface area contributed by atoms with Crippen molar-refractivity contribution in [3.63, 3.8) is 0 Å². The lowest BCUT2D eigenvalue weighted by atomic mass is 9.84. The Kier molecular flexibility index (Phi) is 6.43. The van der Waals surface area contributed by atoms with E-state index in [1.807, 2.05) is 42.5 Å². The first-order valence-corrected chi connectivity index (χ1v) is 13.5. The van der Waals surface area contributed by atoms with Crippen molar-refractivity contribution in [2.24, 2.45) is 5.92 Å². The summed E-state index contributed by atoms with van der Waals surface area (Å²) in [5, 5.41) is 4.67. The predicted molar refractivity (Wildman–Crippen MR) is 151 cm³/mol. The van der Waals surface area contributed by atoms with Gasteiger partial charge in [0.15, 0.2) is 0 Å². The van der Waals surface area contributed by atoms with Crippen LogP contribution < -0.4 is 10.1 Å². The van der Waals surface area contributed by atoms with Crippen LogP contribution in [0.15, 0.2) is 84.5 Å². The summed E-state index contributed by atoms with van der Waals surface area (Å²) in [6, 6.07) is 18.1. The standard InChI is InChI=1S/C32H32N4O3/c1-20(2)12-14-35-17-25-29(23-8-4-9-24(15-23)39-19-22-7-6-13-33-16-22)31-27(18-36(21(3)37)32(31)38)34-26-10-5-11-28(35)30(25)26/h4-11,13,15-17,20,29,34H,12,14,18-19H2,1-3H3. The van der Waals surface area contributed by atoms with Gasteiger partial charge in [0.25, 0.3) is 5.91 Å². The highest BCUT2D eigenvalue weighted by molar-refractivity contribution is 6.11. The number of rotatable bonds is 7. The van der Waals surface area contributed by atoms with Gasteiger partial charge in [-0.25, -0.2) is 0 Å². The first-order valence-electron chi connectivity index (χ1n) is 13.5. The highest BCUT2D eigenvalue weighted by Crippen LogP contribution is 2.47. The van der Waals surface area contributed by atoms with Crippen LogP contribution in [-0.2, 0) is 22.7 Å². The van der Waals surface area contributed by atoms with Crippen molar-refractivity contribution in [2.45, 2.75) is 46.3 Å². The first-order chi connectivity index (χ1) is 18.9. The smallest absolute Gasteiger partial charge is 0.259 e. The number of hydrogen-bond donors (Lipinski definition) is 1. The topological polar surface area (TPSA) is 76.5 Å². The average molecular weight is 521 g/mol. The van der Waals surface area contributed by atoms with Gasteiger partial charge < -0.3 is 14.6 Å². The van der Waals surface area contributed by atoms with Crippen molar-refractivity contribution in [3.8, 4) is 5.75 Å². The van der Waals surface area contributed by atoms with Crippen LogP contribution in [-0.4, -0.2) is 32.8 Å². The Morgan fingerprint density at radius 3 is 2.77 bits per heavy atom. The molecule has 0 aliphatic carbocycles. The van der Waals surface area contributed by atoms with Gasteiger partial charge in [-0.3, -0.25) is 19.5 Å². The normalized spacial score (nSPS) is 16.5. The van der Waals surface area contributed by atoms with Crippen molar-refractivity contribution < 1.29 is 14.3 Å². The Morgan fingerprint density at radius 2 is 2.00 bits per heavy atom. The summed E-state index contributed by atoms with van der Waals surface area (Å²) in [5.74, 6) is 0.438. The maximum atomic E-state index is 13.8. The number of hydrogen-bond acceptors (Lipinski definition) is 5. The molecular formula is C32H32N4O3. The highest BCUT2D eigenvalue weighted by atomic mass is 16.5. The van der Waals surface area contributed by atoms with Crippen molar-refractivity contribution >= 4 is 28.4 Å². The van der Waals surface area contributed by atoms with E-state index in [9.17, 15) is 9.59 Å². The third kappa shape index (κ3) is 4.58. The Bertz CT molecular complexity index is 1600. The number of nitrogens with one attached hydrogen (secondary N) is 1. The summed E-state index contributed by atoms with van der Waals surface area (Å²) in [6.07, 6.45) is 6.78. The number of ether oxygens (including phenoxy) is 1. The second kappa shape index (κ2) is 10.1. The molecule has 0 fully saturated rings. The number of nitrogens with zero attached hydrogens (tertiary/aromatic N) is 3. The van der Waals surface area contributed by atoms with E-state index in [0.717, 1.165) is 51.9 Å². The van der Waals surface area contributed by atoms with E-state index in [1.54, 1.807) is 12.4 Å². The van der Waals surface area contributed by atoms with Gasteiger partial charge in [-0.2, -0.15) is 0 Å². The minimum Gasteiger partial charge on any atom is -0.489 e. The van der Waals surface area contributed by atoms with Gasteiger partial charge >= 0.3 is 0 Å². The van der Waals surface area contributed by atoms with Gasteiger partial charge in [0, 0.05) is 60.3 Å². The van der Waals surface area contributed by atoms with E-state index in [4.69, 9.17) is 4.74 Å². The Hall–Kier alpha value is -4.39. The first kappa shape index (κ1) is 24.9. The van der Waals surface area contributed by atoms with Crippen LogP contribution in [0.4, 0.5) is 5.69 Å². The van der Waals surface area contributed by atoms with E-state index >= 15 is 0 Å². The molecule has 198 valence electrons. The van der Waals surface area contributed by atoms with Crippen LogP contribution in [0.25, 0.3) is 10.9 Å². The zero-order valence-corrected chi connectivity index (χ0v) is 22.5. The molecule has 6 rings (SSSR count). The summed E-state index contributed by atoms with van der Waals surface area (Å²) in [4.78, 5) is 31.7. The fourth-order valence-corrected chi connectivity index (χ4v) is 5.64. The quantitative estimate of drug-likeness (QED) is 0.330. The van der Waals surface area contributed by atoms with Crippen LogP contribution in [0.2, 0.25) is 0 Å². The number of aromatic nitrogens is 2. The van der Waals surface area contributed by atoms with Crippen LogP contribution in [0, 0.1) is 5.92 Å². The van der Waals surface area contributed by atoms with Gasteiger partial charge in [0.2, 0.25) is 5.91 Å². The molecule has 1 unspecified atom stereocenters. The van der Waals surface area contributed by atoms with E-state index in [2.05, 4.69) is 47.0 Å². The molecule has 2 aromatic carbocycles. The second-order valence-corrected chi connectivity index (χ2v) is 10.7. The van der Waals surface area contributed by atoms with Crippen molar-refractivity contribution in [1.82, 2.24) is 14.5 Å². The third-order valence-corrected chi connectivity index (χ3v) is 7.58.